The van der Waals surface area contributed by atoms with Crippen LogP contribution in [-0.4, -0.2) is 28.0 Å². The summed E-state index contributed by atoms with van der Waals surface area (Å²) in [5.74, 6) is -0.00472. The number of hydrogen-bond donors (Lipinski definition) is 1. The maximum atomic E-state index is 12.2. The topological polar surface area (TPSA) is 68.3 Å². The summed E-state index contributed by atoms with van der Waals surface area (Å²) in [6.45, 7) is 2.92. The maximum Gasteiger partial charge on any atom is 0.251 e. The molecule has 2 N–H and O–H groups in total. The maximum absolute atomic E-state index is 12.2. The Hall–Kier alpha value is -1.78. The minimum absolute atomic E-state index is 0.00472. The Labute approximate surface area is 106 Å². The number of nitrogens with zero attached hydrogens (tertiary/aromatic N) is 2. The van der Waals surface area contributed by atoms with Crippen molar-refractivity contribution >= 4 is 11.6 Å². The van der Waals surface area contributed by atoms with E-state index >= 15 is 0 Å². The van der Waals surface area contributed by atoms with Gasteiger partial charge < -0.3 is 15.2 Å². The van der Waals surface area contributed by atoms with Crippen LogP contribution in [-0.2, 0) is 11.3 Å². The van der Waals surface area contributed by atoms with Crippen molar-refractivity contribution in [1.82, 2.24) is 9.47 Å². The minimum atomic E-state index is -0.192. The molecule has 1 aliphatic heterocycles. The molecule has 1 aromatic rings. The van der Waals surface area contributed by atoms with Crippen LogP contribution in [0.1, 0.15) is 26.2 Å². The SMILES string of the molecule is CC1CCCCN1C(=O)Cn1cc(N)ccc1=O. The van der Waals surface area contributed by atoms with Gasteiger partial charge in [0.15, 0.2) is 0 Å². The van der Waals surface area contributed by atoms with E-state index in [2.05, 4.69) is 6.92 Å². The number of pyridine rings is 1. The predicted molar refractivity (Wildman–Crippen MR) is 70.1 cm³/mol. The van der Waals surface area contributed by atoms with Gasteiger partial charge in [-0.05, 0) is 32.3 Å². The number of amides is 1. The number of carbonyl (C=O) groups excluding carboxylic acids is 1. The van der Waals surface area contributed by atoms with Crippen LogP contribution in [0.3, 0.4) is 0 Å². The Morgan fingerprint density at radius 1 is 1.44 bits per heavy atom. The second kappa shape index (κ2) is 5.25. The first kappa shape index (κ1) is 12.7. The van der Waals surface area contributed by atoms with Gasteiger partial charge in [-0.1, -0.05) is 0 Å². The number of carbonyl (C=O) groups is 1. The smallest absolute Gasteiger partial charge is 0.251 e. The highest BCUT2D eigenvalue weighted by molar-refractivity contribution is 5.76. The van der Waals surface area contributed by atoms with Crippen LogP contribution in [0.25, 0.3) is 0 Å². The second-order valence-corrected chi connectivity index (χ2v) is 4.86. The number of aromatic nitrogens is 1. The lowest BCUT2D eigenvalue weighted by atomic mass is 10.0. The van der Waals surface area contributed by atoms with Crippen LogP contribution in [0.4, 0.5) is 5.69 Å². The zero-order valence-electron chi connectivity index (χ0n) is 10.6. The Morgan fingerprint density at radius 2 is 2.22 bits per heavy atom. The molecule has 1 amide bonds. The fourth-order valence-electron chi connectivity index (χ4n) is 2.38. The molecule has 0 aromatic carbocycles. The van der Waals surface area contributed by atoms with Gasteiger partial charge in [-0.25, -0.2) is 0 Å². The summed E-state index contributed by atoms with van der Waals surface area (Å²) in [5, 5.41) is 0. The second-order valence-electron chi connectivity index (χ2n) is 4.86. The summed E-state index contributed by atoms with van der Waals surface area (Å²) in [6, 6.07) is 3.21. The summed E-state index contributed by atoms with van der Waals surface area (Å²) >= 11 is 0. The van der Waals surface area contributed by atoms with Crippen molar-refractivity contribution in [2.45, 2.75) is 38.8 Å². The van der Waals surface area contributed by atoms with Crippen molar-refractivity contribution < 1.29 is 4.79 Å². The Morgan fingerprint density at radius 3 is 2.94 bits per heavy atom. The molecule has 1 aliphatic rings. The highest BCUT2D eigenvalue weighted by Crippen LogP contribution is 2.16. The van der Waals surface area contributed by atoms with Gasteiger partial charge in [-0.3, -0.25) is 9.59 Å². The monoisotopic (exact) mass is 249 g/mol. The Bertz CT molecular complexity index is 495. The average Bonchev–Trinajstić information content (AvgIpc) is 2.34. The third-order valence-corrected chi connectivity index (χ3v) is 3.44. The number of rotatable bonds is 2. The molecule has 1 aromatic heterocycles. The highest BCUT2D eigenvalue weighted by Gasteiger charge is 2.23. The first-order valence-electron chi connectivity index (χ1n) is 6.33. The first-order valence-corrected chi connectivity index (χ1v) is 6.33. The molecular weight excluding hydrogens is 230 g/mol. The van der Waals surface area contributed by atoms with Crippen molar-refractivity contribution in [1.29, 1.82) is 0 Å². The summed E-state index contributed by atoms with van der Waals surface area (Å²) in [7, 11) is 0. The summed E-state index contributed by atoms with van der Waals surface area (Å²) < 4.78 is 1.37. The van der Waals surface area contributed by atoms with Gasteiger partial charge >= 0.3 is 0 Å². The van der Waals surface area contributed by atoms with E-state index in [1.54, 1.807) is 6.07 Å². The number of nitrogens with two attached hydrogens (primary N) is 1. The molecule has 0 spiro atoms. The molecule has 98 valence electrons. The van der Waals surface area contributed by atoms with E-state index in [9.17, 15) is 9.59 Å². The molecule has 5 nitrogen and oxygen atoms in total. The van der Waals surface area contributed by atoms with E-state index in [1.165, 1.54) is 23.3 Å². The summed E-state index contributed by atoms with van der Waals surface area (Å²) in [4.78, 5) is 25.6. The van der Waals surface area contributed by atoms with Crippen molar-refractivity contribution in [2.75, 3.05) is 12.3 Å². The summed E-state index contributed by atoms with van der Waals surface area (Å²) in [6.07, 6.45) is 4.78. The third kappa shape index (κ3) is 2.72. The van der Waals surface area contributed by atoms with E-state index < -0.39 is 0 Å². The molecule has 0 saturated carbocycles. The van der Waals surface area contributed by atoms with Gasteiger partial charge in [0, 0.05) is 30.5 Å². The Kier molecular flexibility index (Phi) is 3.69. The fraction of sp³-hybridized carbons (Fsp3) is 0.538. The lowest BCUT2D eigenvalue weighted by molar-refractivity contribution is -0.135. The molecular formula is C13H19N3O2. The van der Waals surface area contributed by atoms with E-state index in [1.807, 2.05) is 4.90 Å². The molecule has 2 rings (SSSR count). The minimum Gasteiger partial charge on any atom is -0.398 e. The van der Waals surface area contributed by atoms with Crippen LogP contribution < -0.4 is 11.3 Å². The number of nitrogen functional groups attached to an aromatic ring is 1. The van der Waals surface area contributed by atoms with Gasteiger partial charge in [0.2, 0.25) is 5.91 Å². The van der Waals surface area contributed by atoms with Gasteiger partial charge in [-0.2, -0.15) is 0 Å². The lowest BCUT2D eigenvalue weighted by Crippen LogP contribution is -2.44. The van der Waals surface area contributed by atoms with Crippen molar-refractivity contribution in [3.63, 3.8) is 0 Å². The van der Waals surface area contributed by atoms with E-state index in [0.29, 0.717) is 5.69 Å². The quantitative estimate of drug-likeness (QED) is 0.844. The first-order chi connectivity index (χ1) is 8.58. The van der Waals surface area contributed by atoms with Crippen LogP contribution in [0.15, 0.2) is 23.1 Å². The van der Waals surface area contributed by atoms with Gasteiger partial charge in [0.05, 0.1) is 0 Å². The van der Waals surface area contributed by atoms with E-state index in [0.717, 1.165) is 19.4 Å². The molecule has 0 bridgehead atoms. The molecule has 0 radical (unpaired) electrons. The number of likely N-dealkylation sites (tertiary alicyclic amines) is 1. The van der Waals surface area contributed by atoms with Gasteiger partial charge in [-0.15, -0.1) is 0 Å². The largest absolute Gasteiger partial charge is 0.398 e. The van der Waals surface area contributed by atoms with Crippen molar-refractivity contribution in [3.05, 3.63) is 28.7 Å². The van der Waals surface area contributed by atoms with E-state index in [-0.39, 0.29) is 24.1 Å². The molecule has 5 heteroatoms. The fourth-order valence-corrected chi connectivity index (χ4v) is 2.38. The summed E-state index contributed by atoms with van der Waals surface area (Å²) in [5.41, 5.74) is 5.93. The standard InChI is InChI=1S/C13H19N3O2/c1-10-4-2-3-7-16(10)13(18)9-15-8-11(14)5-6-12(15)17/h5-6,8,10H,2-4,7,9,14H2,1H3. The van der Waals surface area contributed by atoms with Gasteiger partial charge in [0.1, 0.15) is 6.54 Å². The van der Waals surface area contributed by atoms with Crippen molar-refractivity contribution in [3.8, 4) is 0 Å². The van der Waals surface area contributed by atoms with Crippen LogP contribution in [0, 0.1) is 0 Å². The van der Waals surface area contributed by atoms with Crippen LogP contribution in [0.5, 0.6) is 0 Å². The zero-order chi connectivity index (χ0) is 13.1. The Balaban J connectivity index is 2.11. The molecule has 18 heavy (non-hydrogen) atoms. The van der Waals surface area contributed by atoms with Crippen molar-refractivity contribution in [2.24, 2.45) is 0 Å². The predicted octanol–water partition coefficient (Wildman–Crippen LogP) is 0.832. The average molecular weight is 249 g/mol. The lowest BCUT2D eigenvalue weighted by Gasteiger charge is -2.33. The number of anilines is 1. The van der Waals surface area contributed by atoms with Crippen LogP contribution in [0.2, 0.25) is 0 Å². The molecule has 1 saturated heterocycles. The highest BCUT2D eigenvalue weighted by atomic mass is 16.2. The molecule has 1 atom stereocenters. The zero-order valence-corrected chi connectivity index (χ0v) is 10.6. The number of hydrogen-bond acceptors (Lipinski definition) is 3. The molecule has 0 aliphatic carbocycles. The van der Waals surface area contributed by atoms with Crippen LogP contribution >= 0.6 is 0 Å². The number of piperidine rings is 1. The molecule has 1 unspecified atom stereocenters. The molecule has 1 fully saturated rings. The normalized spacial score (nSPS) is 19.8. The van der Waals surface area contributed by atoms with E-state index in [4.69, 9.17) is 5.73 Å². The molecule has 2 heterocycles. The third-order valence-electron chi connectivity index (χ3n) is 3.44. The van der Waals surface area contributed by atoms with Gasteiger partial charge in [0.25, 0.3) is 5.56 Å².